The van der Waals surface area contributed by atoms with E-state index in [1.807, 2.05) is 17.2 Å². The molecule has 1 aliphatic heterocycles. The summed E-state index contributed by atoms with van der Waals surface area (Å²) in [5, 5.41) is 2.10. The topological polar surface area (TPSA) is 58.2 Å². The zero-order chi connectivity index (χ0) is 19.7. The Morgan fingerprint density at radius 1 is 1.29 bits per heavy atom. The lowest BCUT2D eigenvalue weighted by Gasteiger charge is -2.33. The van der Waals surface area contributed by atoms with Gasteiger partial charge in [-0.25, -0.2) is 4.98 Å². The number of ether oxygens (including phenoxy) is 1. The largest absolute Gasteiger partial charge is 0.479 e. The quantitative estimate of drug-likeness (QED) is 0.646. The summed E-state index contributed by atoms with van der Waals surface area (Å²) in [7, 11) is 0. The molecule has 0 radical (unpaired) electrons. The van der Waals surface area contributed by atoms with Crippen molar-refractivity contribution < 1.29 is 9.53 Å². The predicted octanol–water partition coefficient (Wildman–Crippen LogP) is 5.04. The zero-order valence-electron chi connectivity index (χ0n) is 15.5. The summed E-state index contributed by atoms with van der Waals surface area (Å²) in [5.74, 6) is 0.863. The Morgan fingerprint density at radius 2 is 2.07 bits per heavy atom. The van der Waals surface area contributed by atoms with Gasteiger partial charge in [0.05, 0.1) is 5.02 Å². The van der Waals surface area contributed by atoms with Gasteiger partial charge in [0.1, 0.15) is 11.4 Å². The van der Waals surface area contributed by atoms with Gasteiger partial charge in [0.2, 0.25) is 0 Å². The third-order valence-electron chi connectivity index (χ3n) is 5.28. The first-order valence-corrected chi connectivity index (χ1v) is 10.1. The average molecular weight is 418 g/mol. The molecular formula is C21H21Cl2N3O2. The van der Waals surface area contributed by atoms with Crippen LogP contribution in [-0.4, -0.2) is 40.0 Å². The Hall–Kier alpha value is -2.24. The highest BCUT2D eigenvalue weighted by Gasteiger charge is 2.29. The zero-order valence-corrected chi connectivity index (χ0v) is 17.0. The third kappa shape index (κ3) is 3.82. The molecule has 1 unspecified atom stereocenters. The number of hydrogen-bond acceptors (Lipinski definition) is 3. The van der Waals surface area contributed by atoms with Crippen LogP contribution in [-0.2, 0) is 4.79 Å². The summed E-state index contributed by atoms with van der Waals surface area (Å²) in [4.78, 5) is 22.3. The lowest BCUT2D eigenvalue weighted by molar-refractivity contribution is -0.139. The maximum atomic E-state index is 12.8. The number of fused-ring (bicyclic) bond motifs is 1. The molecule has 1 fully saturated rings. The molecule has 1 aliphatic rings. The molecule has 2 aromatic heterocycles. The molecule has 0 aliphatic carbocycles. The first-order valence-electron chi connectivity index (χ1n) is 9.35. The maximum Gasteiger partial charge on any atom is 0.263 e. The smallest absolute Gasteiger partial charge is 0.263 e. The molecule has 1 aromatic carbocycles. The second kappa shape index (κ2) is 8.02. The minimum atomic E-state index is -0.604. The van der Waals surface area contributed by atoms with Crippen molar-refractivity contribution in [2.75, 3.05) is 13.1 Å². The van der Waals surface area contributed by atoms with Crippen LogP contribution in [0.4, 0.5) is 0 Å². The summed E-state index contributed by atoms with van der Waals surface area (Å²) < 4.78 is 5.78. The van der Waals surface area contributed by atoms with Gasteiger partial charge >= 0.3 is 0 Å². The molecule has 1 N–H and O–H groups in total. The lowest BCUT2D eigenvalue weighted by Crippen LogP contribution is -2.44. The number of benzene rings is 1. The van der Waals surface area contributed by atoms with Crippen LogP contribution in [0.1, 0.15) is 31.2 Å². The number of amides is 1. The number of carbonyl (C=O) groups excluding carboxylic acids is 1. The SMILES string of the molecule is CC(Oc1ccc(Cl)cc1Cl)C(=O)N1CCC(c2c[nH]c3ncccc23)CC1. The number of carbonyl (C=O) groups is 1. The van der Waals surface area contributed by atoms with Crippen molar-refractivity contribution in [1.82, 2.24) is 14.9 Å². The molecular weight excluding hydrogens is 397 g/mol. The number of rotatable bonds is 4. The summed E-state index contributed by atoms with van der Waals surface area (Å²) in [5.41, 5.74) is 2.20. The van der Waals surface area contributed by atoms with Crippen molar-refractivity contribution in [3.63, 3.8) is 0 Å². The third-order valence-corrected chi connectivity index (χ3v) is 5.81. The molecule has 1 atom stereocenters. The van der Waals surface area contributed by atoms with E-state index in [1.165, 1.54) is 10.9 Å². The highest BCUT2D eigenvalue weighted by atomic mass is 35.5. The number of aromatic nitrogens is 2. The van der Waals surface area contributed by atoms with E-state index in [2.05, 4.69) is 16.0 Å². The number of aromatic amines is 1. The van der Waals surface area contributed by atoms with Gasteiger partial charge in [-0.1, -0.05) is 23.2 Å². The molecule has 0 saturated carbocycles. The van der Waals surface area contributed by atoms with E-state index >= 15 is 0 Å². The van der Waals surface area contributed by atoms with Gasteiger partial charge in [-0.05, 0) is 61.6 Å². The second-order valence-corrected chi connectivity index (χ2v) is 7.92. The molecule has 146 valence electrons. The number of hydrogen-bond donors (Lipinski definition) is 1. The van der Waals surface area contributed by atoms with Crippen molar-refractivity contribution in [3.05, 3.63) is 58.3 Å². The predicted molar refractivity (Wildman–Crippen MR) is 111 cm³/mol. The molecule has 1 amide bonds. The summed E-state index contributed by atoms with van der Waals surface area (Å²) in [6, 6.07) is 9.04. The molecule has 1 saturated heterocycles. The number of likely N-dealkylation sites (tertiary alicyclic amines) is 1. The summed E-state index contributed by atoms with van der Waals surface area (Å²) in [6.07, 6.45) is 5.07. The lowest BCUT2D eigenvalue weighted by atomic mass is 9.89. The van der Waals surface area contributed by atoms with Gasteiger partial charge in [-0.2, -0.15) is 0 Å². The van der Waals surface area contributed by atoms with E-state index in [9.17, 15) is 4.79 Å². The van der Waals surface area contributed by atoms with Crippen LogP contribution >= 0.6 is 23.2 Å². The van der Waals surface area contributed by atoms with Crippen LogP contribution in [0.5, 0.6) is 5.75 Å². The number of halogens is 2. The van der Waals surface area contributed by atoms with E-state index < -0.39 is 6.10 Å². The number of pyridine rings is 1. The molecule has 7 heteroatoms. The van der Waals surface area contributed by atoms with Crippen molar-refractivity contribution in [1.29, 1.82) is 0 Å². The first kappa shape index (κ1) is 19.1. The van der Waals surface area contributed by atoms with Gasteiger partial charge in [-0.3, -0.25) is 4.79 Å². The van der Waals surface area contributed by atoms with E-state index in [0.717, 1.165) is 18.5 Å². The van der Waals surface area contributed by atoms with Gasteiger partial charge in [0, 0.05) is 35.9 Å². The van der Waals surface area contributed by atoms with Crippen molar-refractivity contribution >= 4 is 40.1 Å². The minimum absolute atomic E-state index is 0.0231. The summed E-state index contributed by atoms with van der Waals surface area (Å²) in [6.45, 7) is 3.17. The Labute approximate surface area is 173 Å². The molecule has 0 bridgehead atoms. The fourth-order valence-electron chi connectivity index (χ4n) is 3.79. The van der Waals surface area contributed by atoms with Crippen LogP contribution in [0.25, 0.3) is 11.0 Å². The molecule has 4 rings (SSSR count). The Kier molecular flexibility index (Phi) is 5.47. The number of H-pyrrole nitrogens is 1. The van der Waals surface area contributed by atoms with Crippen molar-refractivity contribution in [2.24, 2.45) is 0 Å². The molecule has 28 heavy (non-hydrogen) atoms. The van der Waals surface area contributed by atoms with Crippen LogP contribution < -0.4 is 4.74 Å². The Bertz CT molecular complexity index is 996. The minimum Gasteiger partial charge on any atom is -0.479 e. The monoisotopic (exact) mass is 417 g/mol. The number of piperidine rings is 1. The molecule has 0 spiro atoms. The Balaban J connectivity index is 1.38. The fraction of sp³-hybridized carbons (Fsp3) is 0.333. The van der Waals surface area contributed by atoms with Crippen molar-refractivity contribution in [3.8, 4) is 5.75 Å². The first-order chi connectivity index (χ1) is 13.5. The Morgan fingerprint density at radius 3 is 2.82 bits per heavy atom. The second-order valence-electron chi connectivity index (χ2n) is 7.08. The average Bonchev–Trinajstić information content (AvgIpc) is 3.14. The van der Waals surface area contributed by atoms with Gasteiger partial charge in [-0.15, -0.1) is 0 Å². The van der Waals surface area contributed by atoms with E-state index in [4.69, 9.17) is 27.9 Å². The van der Waals surface area contributed by atoms with Crippen LogP contribution in [0.3, 0.4) is 0 Å². The van der Waals surface area contributed by atoms with Gasteiger partial charge in [0.25, 0.3) is 5.91 Å². The number of nitrogens with one attached hydrogen (secondary N) is 1. The summed E-state index contributed by atoms with van der Waals surface area (Å²) >= 11 is 12.1. The van der Waals surface area contributed by atoms with E-state index in [1.54, 1.807) is 31.3 Å². The molecule has 3 aromatic rings. The van der Waals surface area contributed by atoms with Gasteiger partial charge in [0.15, 0.2) is 6.10 Å². The van der Waals surface area contributed by atoms with E-state index in [-0.39, 0.29) is 5.91 Å². The van der Waals surface area contributed by atoms with Crippen LogP contribution in [0.2, 0.25) is 10.0 Å². The standard InChI is InChI=1S/C21H21Cl2N3O2/c1-13(28-19-5-4-15(22)11-18(19)23)21(27)26-9-6-14(7-10-26)17-12-25-20-16(17)3-2-8-24-20/h2-5,8,11-14H,6-7,9-10H2,1H3,(H,24,25). The molecule has 3 heterocycles. The van der Waals surface area contributed by atoms with Gasteiger partial charge < -0.3 is 14.6 Å². The highest BCUT2D eigenvalue weighted by Crippen LogP contribution is 2.33. The van der Waals surface area contributed by atoms with Crippen molar-refractivity contribution in [2.45, 2.75) is 31.8 Å². The highest BCUT2D eigenvalue weighted by molar-refractivity contribution is 6.35. The van der Waals surface area contributed by atoms with Crippen LogP contribution in [0.15, 0.2) is 42.7 Å². The fourth-order valence-corrected chi connectivity index (χ4v) is 4.25. The maximum absolute atomic E-state index is 12.8. The number of nitrogens with zero attached hydrogens (tertiary/aromatic N) is 2. The molecule has 5 nitrogen and oxygen atoms in total. The normalized spacial score (nSPS) is 16.3. The van der Waals surface area contributed by atoms with Crippen LogP contribution in [0, 0.1) is 0 Å². The van der Waals surface area contributed by atoms with E-state index in [0.29, 0.717) is 34.8 Å².